The van der Waals surface area contributed by atoms with Gasteiger partial charge in [0, 0.05) is 45.5 Å². The number of thioether (sulfide) groups is 1. The summed E-state index contributed by atoms with van der Waals surface area (Å²) in [6.07, 6.45) is 1.40. The van der Waals surface area contributed by atoms with Crippen LogP contribution in [-0.4, -0.2) is 79.7 Å². The molecular formula is C22H30N4O3S2. The van der Waals surface area contributed by atoms with Crippen LogP contribution in [0.4, 0.5) is 0 Å². The fourth-order valence-corrected chi connectivity index (χ4v) is 5.89. The number of likely N-dealkylation sites (N-methyl/N-ethyl adjacent to an activating group) is 2. The second-order valence-corrected chi connectivity index (χ2v) is 10.5. The number of hydrogen-bond acceptors (Lipinski definition) is 6. The molecule has 1 amide bonds. The van der Waals surface area contributed by atoms with Gasteiger partial charge in [-0.2, -0.15) is 4.31 Å². The molecule has 1 aromatic carbocycles. The fraction of sp³-hybridized carbons (Fsp3) is 0.455. The molecule has 0 saturated carbocycles. The zero-order valence-electron chi connectivity index (χ0n) is 18.3. The Morgan fingerprint density at radius 2 is 1.71 bits per heavy atom. The van der Waals surface area contributed by atoms with Crippen molar-refractivity contribution in [3.05, 3.63) is 54.2 Å². The van der Waals surface area contributed by atoms with Crippen molar-refractivity contribution in [2.45, 2.75) is 29.0 Å². The SMILES string of the molecule is CCN(CC)C(=O)C(Sc1ccc(S(=O)(=O)N2CCN(C)CC2)cn1)c1ccccc1. The van der Waals surface area contributed by atoms with Gasteiger partial charge in [0.25, 0.3) is 0 Å². The maximum Gasteiger partial charge on any atom is 0.244 e. The average molecular weight is 463 g/mol. The third-order valence-electron chi connectivity index (χ3n) is 5.45. The van der Waals surface area contributed by atoms with E-state index in [0.29, 0.717) is 44.3 Å². The van der Waals surface area contributed by atoms with E-state index in [-0.39, 0.29) is 10.8 Å². The summed E-state index contributed by atoms with van der Waals surface area (Å²) in [6, 6.07) is 12.9. The molecule has 0 bridgehead atoms. The van der Waals surface area contributed by atoms with E-state index in [1.807, 2.05) is 51.2 Å². The topological polar surface area (TPSA) is 73.8 Å². The van der Waals surface area contributed by atoms with Crippen LogP contribution in [-0.2, 0) is 14.8 Å². The summed E-state index contributed by atoms with van der Waals surface area (Å²) in [7, 11) is -1.57. The molecule has 0 aliphatic carbocycles. The molecule has 2 heterocycles. The molecule has 0 N–H and O–H groups in total. The predicted molar refractivity (Wildman–Crippen MR) is 123 cm³/mol. The molecule has 1 aliphatic rings. The maximum atomic E-state index is 13.1. The van der Waals surface area contributed by atoms with Gasteiger partial charge in [-0.25, -0.2) is 13.4 Å². The van der Waals surface area contributed by atoms with Crippen molar-refractivity contribution in [2.75, 3.05) is 46.3 Å². The molecule has 1 unspecified atom stereocenters. The summed E-state index contributed by atoms with van der Waals surface area (Å²) >= 11 is 1.35. The Balaban J connectivity index is 1.80. The molecule has 9 heteroatoms. The highest BCUT2D eigenvalue weighted by molar-refractivity contribution is 8.00. The molecular weight excluding hydrogens is 432 g/mol. The monoisotopic (exact) mass is 462 g/mol. The molecule has 1 atom stereocenters. The Morgan fingerprint density at radius 3 is 2.26 bits per heavy atom. The third kappa shape index (κ3) is 5.65. The molecule has 1 aliphatic heterocycles. The molecule has 168 valence electrons. The lowest BCUT2D eigenvalue weighted by Gasteiger charge is -2.31. The van der Waals surface area contributed by atoms with Crippen LogP contribution in [0, 0.1) is 0 Å². The third-order valence-corrected chi connectivity index (χ3v) is 8.52. The second kappa shape index (κ2) is 10.6. The van der Waals surface area contributed by atoms with E-state index < -0.39 is 15.3 Å². The minimum Gasteiger partial charge on any atom is -0.342 e. The summed E-state index contributed by atoms with van der Waals surface area (Å²) in [6.45, 7) is 7.58. The summed E-state index contributed by atoms with van der Waals surface area (Å²) in [4.78, 5) is 21.6. The van der Waals surface area contributed by atoms with E-state index in [4.69, 9.17) is 0 Å². The zero-order valence-corrected chi connectivity index (χ0v) is 19.9. The summed E-state index contributed by atoms with van der Waals surface area (Å²) in [5, 5.41) is 0.181. The van der Waals surface area contributed by atoms with E-state index >= 15 is 0 Å². The van der Waals surface area contributed by atoms with E-state index in [0.717, 1.165) is 5.56 Å². The molecule has 1 fully saturated rings. The first-order chi connectivity index (χ1) is 14.9. The predicted octanol–water partition coefficient (Wildman–Crippen LogP) is 2.72. The van der Waals surface area contributed by atoms with Gasteiger partial charge < -0.3 is 9.80 Å². The number of aromatic nitrogens is 1. The average Bonchev–Trinajstić information content (AvgIpc) is 2.79. The van der Waals surface area contributed by atoms with Crippen molar-refractivity contribution in [1.29, 1.82) is 0 Å². The van der Waals surface area contributed by atoms with Gasteiger partial charge in [-0.1, -0.05) is 42.1 Å². The van der Waals surface area contributed by atoms with Gasteiger partial charge in [0.2, 0.25) is 15.9 Å². The molecule has 31 heavy (non-hydrogen) atoms. The van der Waals surface area contributed by atoms with Gasteiger partial charge in [0.1, 0.15) is 10.1 Å². The number of benzene rings is 1. The van der Waals surface area contributed by atoms with Crippen LogP contribution >= 0.6 is 11.8 Å². The van der Waals surface area contributed by atoms with E-state index in [1.165, 1.54) is 22.3 Å². The number of hydrogen-bond donors (Lipinski definition) is 0. The van der Waals surface area contributed by atoms with Gasteiger partial charge in [0.15, 0.2) is 0 Å². The Hall–Kier alpha value is -1.94. The van der Waals surface area contributed by atoms with Crippen LogP contribution in [0.25, 0.3) is 0 Å². The number of pyridine rings is 1. The quantitative estimate of drug-likeness (QED) is 0.562. The molecule has 0 spiro atoms. The Labute approximate surface area is 189 Å². The van der Waals surface area contributed by atoms with E-state index in [2.05, 4.69) is 9.88 Å². The number of piperazine rings is 1. The first-order valence-corrected chi connectivity index (χ1v) is 12.8. The Morgan fingerprint density at radius 1 is 1.06 bits per heavy atom. The number of carbonyl (C=O) groups excluding carboxylic acids is 1. The molecule has 1 aromatic heterocycles. The number of carbonyl (C=O) groups is 1. The van der Waals surface area contributed by atoms with Gasteiger partial charge in [-0.15, -0.1) is 0 Å². The smallest absolute Gasteiger partial charge is 0.244 e. The van der Waals surface area contributed by atoms with Crippen LogP contribution in [0.15, 0.2) is 58.6 Å². The normalized spacial score (nSPS) is 16.7. The number of amides is 1. The van der Waals surface area contributed by atoms with Crippen molar-refractivity contribution in [3.63, 3.8) is 0 Å². The van der Waals surface area contributed by atoms with Crippen LogP contribution < -0.4 is 0 Å². The Bertz CT molecular complexity index is 956. The zero-order chi connectivity index (χ0) is 22.4. The molecule has 3 rings (SSSR count). The van der Waals surface area contributed by atoms with Crippen LogP contribution in [0.1, 0.15) is 24.7 Å². The second-order valence-electron chi connectivity index (χ2n) is 7.46. The van der Waals surface area contributed by atoms with Gasteiger partial charge in [0.05, 0.1) is 5.03 Å². The lowest BCUT2D eigenvalue weighted by molar-refractivity contribution is -0.130. The highest BCUT2D eigenvalue weighted by atomic mass is 32.2. The fourth-order valence-electron chi connectivity index (χ4n) is 3.48. The van der Waals surface area contributed by atoms with E-state index in [1.54, 1.807) is 17.0 Å². The first-order valence-electron chi connectivity index (χ1n) is 10.5. The first kappa shape index (κ1) is 23.7. The maximum absolute atomic E-state index is 13.1. The molecule has 2 aromatic rings. The van der Waals surface area contributed by atoms with Crippen molar-refractivity contribution in [3.8, 4) is 0 Å². The molecule has 1 saturated heterocycles. The Kier molecular flexibility index (Phi) is 8.10. The highest BCUT2D eigenvalue weighted by Crippen LogP contribution is 2.36. The van der Waals surface area contributed by atoms with Gasteiger partial charge >= 0.3 is 0 Å². The van der Waals surface area contributed by atoms with Crippen molar-refractivity contribution in [1.82, 2.24) is 19.1 Å². The van der Waals surface area contributed by atoms with E-state index in [9.17, 15) is 13.2 Å². The largest absolute Gasteiger partial charge is 0.342 e. The number of rotatable bonds is 8. The molecule has 7 nitrogen and oxygen atoms in total. The number of sulfonamides is 1. The standard InChI is InChI=1S/C22H30N4O3S2/c1-4-25(5-2)22(27)21(18-9-7-6-8-10-18)30-20-12-11-19(17-23-20)31(28,29)26-15-13-24(3)14-16-26/h6-12,17,21H,4-5,13-16H2,1-3H3. The highest BCUT2D eigenvalue weighted by Gasteiger charge is 2.29. The van der Waals surface area contributed by atoms with Crippen molar-refractivity contribution < 1.29 is 13.2 Å². The summed E-state index contributed by atoms with van der Waals surface area (Å²) < 4.78 is 27.4. The minimum atomic E-state index is -3.56. The number of nitrogens with zero attached hydrogens (tertiary/aromatic N) is 4. The minimum absolute atomic E-state index is 0.0251. The van der Waals surface area contributed by atoms with Crippen molar-refractivity contribution >= 4 is 27.7 Å². The summed E-state index contributed by atoms with van der Waals surface area (Å²) in [5.41, 5.74) is 0.903. The van der Waals surface area contributed by atoms with Crippen LogP contribution in [0.2, 0.25) is 0 Å². The van der Waals surface area contributed by atoms with Crippen molar-refractivity contribution in [2.24, 2.45) is 0 Å². The van der Waals surface area contributed by atoms with Crippen LogP contribution in [0.3, 0.4) is 0 Å². The van der Waals surface area contributed by atoms with Gasteiger partial charge in [-0.3, -0.25) is 4.79 Å². The lowest BCUT2D eigenvalue weighted by atomic mass is 10.1. The van der Waals surface area contributed by atoms with Crippen LogP contribution in [0.5, 0.6) is 0 Å². The lowest BCUT2D eigenvalue weighted by Crippen LogP contribution is -2.47. The molecule has 0 radical (unpaired) electrons. The summed E-state index contributed by atoms with van der Waals surface area (Å²) in [5.74, 6) is 0.0251. The van der Waals surface area contributed by atoms with Gasteiger partial charge in [-0.05, 0) is 38.6 Å².